The molecule has 5 nitrogen and oxygen atoms in total. The SMILES string of the molecule is C1CC1.COc1ccccc1-c1cn(SF)c2nc(NC=O)ccc12.[CH3-].[Cs+]. The van der Waals surface area contributed by atoms with Crippen molar-refractivity contribution in [2.75, 3.05) is 12.4 Å². The third-order valence-corrected chi connectivity index (χ3v) is 4.08. The molecule has 0 saturated heterocycles. The number of carbonyl (C=O) groups is 1. The Morgan fingerprint density at radius 2 is 1.89 bits per heavy atom. The number of para-hydroxylation sites is 1. The van der Waals surface area contributed by atoms with Gasteiger partial charge in [-0.15, -0.1) is 3.89 Å². The van der Waals surface area contributed by atoms with Gasteiger partial charge in [-0.2, -0.15) is 0 Å². The van der Waals surface area contributed by atoms with E-state index in [-0.39, 0.29) is 88.7 Å². The third-order valence-electron chi connectivity index (χ3n) is 3.65. The second-order valence-corrected chi connectivity index (χ2v) is 6.06. The Morgan fingerprint density at radius 3 is 2.48 bits per heavy atom. The molecule has 1 saturated carbocycles. The van der Waals surface area contributed by atoms with Gasteiger partial charge < -0.3 is 17.5 Å². The molecule has 0 bridgehead atoms. The van der Waals surface area contributed by atoms with Crippen LogP contribution in [-0.4, -0.2) is 22.5 Å². The van der Waals surface area contributed by atoms with Crippen molar-refractivity contribution in [1.29, 1.82) is 0 Å². The van der Waals surface area contributed by atoms with Crippen molar-refractivity contribution in [3.8, 4) is 16.9 Å². The van der Waals surface area contributed by atoms with Gasteiger partial charge in [0.25, 0.3) is 0 Å². The predicted molar refractivity (Wildman–Crippen MR) is 106 cm³/mol. The molecule has 1 amide bonds. The van der Waals surface area contributed by atoms with Crippen LogP contribution in [0.5, 0.6) is 5.75 Å². The van der Waals surface area contributed by atoms with E-state index in [0.29, 0.717) is 23.6 Å². The molecule has 3 aromatic rings. The summed E-state index contributed by atoms with van der Waals surface area (Å²) in [5, 5.41) is 3.23. The van der Waals surface area contributed by atoms with E-state index in [4.69, 9.17) is 4.74 Å². The molecule has 1 N–H and O–H groups in total. The smallest absolute Gasteiger partial charge is 0.496 e. The molecule has 138 valence electrons. The zero-order valence-corrected chi connectivity index (χ0v) is 22.8. The fourth-order valence-corrected chi connectivity index (χ4v) is 2.70. The Morgan fingerprint density at radius 1 is 1.19 bits per heavy atom. The molecule has 0 unspecified atom stereocenters. The largest absolute Gasteiger partial charge is 1.00 e. The van der Waals surface area contributed by atoms with Crippen LogP contribution >= 0.6 is 12.3 Å². The van der Waals surface area contributed by atoms with Gasteiger partial charge in [0.05, 0.1) is 7.11 Å². The Balaban J connectivity index is 0.000000665. The molecule has 8 heteroatoms. The predicted octanol–water partition coefficient (Wildman–Crippen LogP) is 2.29. The van der Waals surface area contributed by atoms with Gasteiger partial charge in [-0.25, -0.2) is 8.96 Å². The summed E-state index contributed by atoms with van der Waals surface area (Å²) >= 11 is 0.0513. The first kappa shape index (κ1) is 24.5. The minimum atomic E-state index is 0. The average molecular weight is 507 g/mol. The molecule has 0 aliphatic heterocycles. The molecule has 0 spiro atoms. The summed E-state index contributed by atoms with van der Waals surface area (Å²) < 4.78 is 19.9. The number of rotatable bonds is 5. The molecule has 2 heterocycles. The van der Waals surface area contributed by atoms with E-state index in [1.807, 2.05) is 24.3 Å². The van der Waals surface area contributed by atoms with Crippen LogP contribution in [0.1, 0.15) is 19.3 Å². The fraction of sp³-hybridized carbons (Fsp3) is 0.211. The Hall–Kier alpha value is -0.488. The first-order valence-corrected chi connectivity index (χ1v) is 8.60. The fourth-order valence-electron chi connectivity index (χ4n) is 2.35. The Kier molecular flexibility index (Phi) is 11.1. The second kappa shape index (κ2) is 12.2. The van der Waals surface area contributed by atoms with E-state index in [1.165, 1.54) is 23.2 Å². The minimum Gasteiger partial charge on any atom is -0.496 e. The summed E-state index contributed by atoms with van der Waals surface area (Å²) in [4.78, 5) is 14.8. The van der Waals surface area contributed by atoms with Gasteiger partial charge in [0.2, 0.25) is 6.41 Å². The number of pyridine rings is 1. The van der Waals surface area contributed by atoms with Crippen LogP contribution in [0, 0.1) is 7.43 Å². The van der Waals surface area contributed by atoms with Crippen LogP contribution in [-0.2, 0) is 4.79 Å². The Bertz CT molecular complexity index is 884. The van der Waals surface area contributed by atoms with E-state index < -0.39 is 0 Å². The van der Waals surface area contributed by atoms with E-state index in [0.717, 1.165) is 16.5 Å². The number of halogens is 1. The number of benzene rings is 1. The maximum Gasteiger partial charge on any atom is 1.00 e. The van der Waals surface area contributed by atoms with Gasteiger partial charge in [0.15, 0.2) is 18.0 Å². The van der Waals surface area contributed by atoms with Crippen LogP contribution < -0.4 is 78.9 Å². The first-order valence-electron chi connectivity index (χ1n) is 7.93. The number of hydrogen-bond acceptors (Lipinski definition) is 4. The zero-order valence-electron chi connectivity index (χ0n) is 15.7. The molecule has 0 radical (unpaired) electrons. The molecule has 27 heavy (non-hydrogen) atoms. The van der Waals surface area contributed by atoms with Crippen molar-refractivity contribution >= 4 is 35.6 Å². The van der Waals surface area contributed by atoms with Crippen LogP contribution in [0.15, 0.2) is 42.6 Å². The van der Waals surface area contributed by atoms with Gasteiger partial charge >= 0.3 is 68.9 Å². The van der Waals surface area contributed by atoms with Gasteiger partial charge in [0, 0.05) is 22.7 Å². The molecular formula is C19H21CsFN3O2S. The van der Waals surface area contributed by atoms with Crippen molar-refractivity contribution in [3.05, 3.63) is 50.0 Å². The molecule has 2 aromatic heterocycles. The molecule has 1 aliphatic carbocycles. The first-order chi connectivity index (χ1) is 12.3. The molecule has 1 aromatic carbocycles. The van der Waals surface area contributed by atoms with E-state index in [9.17, 15) is 8.68 Å². The number of anilines is 1. The monoisotopic (exact) mass is 507 g/mol. The summed E-state index contributed by atoms with van der Waals surface area (Å²) in [6.45, 7) is 0. The van der Waals surface area contributed by atoms with E-state index >= 15 is 0 Å². The third kappa shape index (κ3) is 6.25. The Labute approximate surface area is 222 Å². The average Bonchev–Trinajstić information content (AvgIpc) is 3.49. The van der Waals surface area contributed by atoms with E-state index in [2.05, 4.69) is 10.3 Å². The molecule has 1 fully saturated rings. The molecule has 4 rings (SSSR count). The second-order valence-electron chi connectivity index (χ2n) is 5.53. The van der Waals surface area contributed by atoms with Crippen molar-refractivity contribution < 1.29 is 82.3 Å². The van der Waals surface area contributed by atoms with Gasteiger partial charge in [0.1, 0.15) is 11.6 Å². The summed E-state index contributed by atoms with van der Waals surface area (Å²) in [5.74, 6) is 1.06. The molecule has 1 aliphatic rings. The number of ether oxygens (including phenoxy) is 1. The summed E-state index contributed by atoms with van der Waals surface area (Å²) in [6.07, 6.45) is 6.69. The van der Waals surface area contributed by atoms with Crippen molar-refractivity contribution in [3.63, 3.8) is 0 Å². The number of amides is 1. The number of nitrogens with one attached hydrogen (secondary N) is 1. The maximum absolute atomic E-state index is 13.2. The van der Waals surface area contributed by atoms with Crippen LogP contribution in [0.4, 0.5) is 9.70 Å². The summed E-state index contributed by atoms with van der Waals surface area (Å²) in [7, 11) is 1.59. The maximum atomic E-state index is 13.2. The summed E-state index contributed by atoms with van der Waals surface area (Å²) in [5.41, 5.74) is 2.09. The van der Waals surface area contributed by atoms with E-state index in [1.54, 1.807) is 25.4 Å². The van der Waals surface area contributed by atoms with Crippen molar-refractivity contribution in [1.82, 2.24) is 8.96 Å². The number of methoxy groups -OCH3 is 1. The number of carbonyl (C=O) groups excluding carboxylic acids is 1. The number of fused-ring (bicyclic) bond motifs is 1. The summed E-state index contributed by atoms with van der Waals surface area (Å²) in [6, 6.07) is 11.0. The number of hydrogen-bond donors (Lipinski definition) is 1. The topological polar surface area (TPSA) is 56.1 Å². The minimum absolute atomic E-state index is 0. The number of nitrogens with zero attached hydrogens (tertiary/aromatic N) is 2. The number of aromatic nitrogens is 2. The van der Waals surface area contributed by atoms with Crippen LogP contribution in [0.25, 0.3) is 22.2 Å². The van der Waals surface area contributed by atoms with Crippen molar-refractivity contribution in [2.45, 2.75) is 19.3 Å². The van der Waals surface area contributed by atoms with Crippen molar-refractivity contribution in [2.24, 2.45) is 0 Å². The van der Waals surface area contributed by atoms with Gasteiger partial charge in [-0.05, 0) is 18.2 Å². The van der Waals surface area contributed by atoms with Crippen LogP contribution in [0.2, 0.25) is 0 Å². The van der Waals surface area contributed by atoms with Gasteiger partial charge in [-0.1, -0.05) is 37.5 Å². The van der Waals surface area contributed by atoms with Gasteiger partial charge in [-0.3, -0.25) is 4.79 Å². The zero-order chi connectivity index (χ0) is 17.6. The quantitative estimate of drug-likeness (QED) is 0.426. The van der Waals surface area contributed by atoms with Crippen LogP contribution in [0.3, 0.4) is 0 Å². The standard InChI is InChI=1S/C15H12FN3O2S.C3H6.CH3.Cs/c1-21-13-5-3-2-4-10(13)12-8-19(22-16)15-11(12)6-7-14(18-15)17-9-20;1-2-3-1;;/h2-9H,1H3,(H,17,18,20);1-3H2;1H3;/q;;-1;+1. The molecule has 0 atom stereocenters. The molecular weight excluding hydrogens is 486 g/mol. The normalized spacial score (nSPS) is 11.3.